The van der Waals surface area contributed by atoms with Crippen LogP contribution in [0.25, 0.3) is 0 Å². The standard InChI is InChI=1S/C23H20FN3O4/c1-13-5-6-15(12-17(13)24)23(9-11-31-19-4-3-10-25-20(19)23)27-21(28)18-8-7-16(22(29)30)14(2)26-18/h3-8,10,12H,9,11H2,1-2H3,(H,27,28)(H,29,30)/t23-/m0/s1. The van der Waals surface area contributed by atoms with Crippen LogP contribution in [0.2, 0.25) is 0 Å². The lowest BCUT2D eigenvalue weighted by Crippen LogP contribution is -2.50. The molecule has 8 heteroatoms. The molecule has 0 spiro atoms. The van der Waals surface area contributed by atoms with E-state index in [2.05, 4.69) is 15.3 Å². The molecule has 1 amide bonds. The van der Waals surface area contributed by atoms with Gasteiger partial charge in [0.15, 0.2) is 0 Å². The predicted molar refractivity (Wildman–Crippen MR) is 110 cm³/mol. The summed E-state index contributed by atoms with van der Waals surface area (Å²) in [6.07, 6.45) is 1.92. The molecular weight excluding hydrogens is 401 g/mol. The summed E-state index contributed by atoms with van der Waals surface area (Å²) in [5.74, 6) is -1.54. The molecule has 3 heterocycles. The SMILES string of the molecule is Cc1ccc([C@@]2(NC(=O)c3ccc(C(=O)O)c(C)n3)CCOc3cccnc32)cc1F. The van der Waals surface area contributed by atoms with Crippen LogP contribution in [-0.4, -0.2) is 33.6 Å². The Hall–Kier alpha value is -3.81. The second kappa shape index (κ2) is 7.79. The molecule has 2 aromatic heterocycles. The number of nitrogens with zero attached hydrogens (tertiary/aromatic N) is 2. The van der Waals surface area contributed by atoms with E-state index in [1.54, 1.807) is 37.4 Å². The van der Waals surface area contributed by atoms with Gasteiger partial charge in [0.2, 0.25) is 0 Å². The van der Waals surface area contributed by atoms with Gasteiger partial charge in [-0.2, -0.15) is 0 Å². The largest absolute Gasteiger partial charge is 0.491 e. The number of nitrogens with one attached hydrogen (secondary N) is 1. The van der Waals surface area contributed by atoms with Crippen molar-refractivity contribution in [1.29, 1.82) is 0 Å². The third kappa shape index (κ3) is 3.61. The number of carboxylic acids is 1. The summed E-state index contributed by atoms with van der Waals surface area (Å²) in [5.41, 5.74) is 0.647. The van der Waals surface area contributed by atoms with Crippen LogP contribution in [0.5, 0.6) is 5.75 Å². The number of ether oxygens (including phenoxy) is 1. The number of aryl methyl sites for hydroxylation is 2. The number of fused-ring (bicyclic) bond motifs is 1. The fourth-order valence-corrected chi connectivity index (χ4v) is 3.76. The Morgan fingerprint density at radius 2 is 2.00 bits per heavy atom. The first-order valence-corrected chi connectivity index (χ1v) is 9.70. The summed E-state index contributed by atoms with van der Waals surface area (Å²) >= 11 is 0. The van der Waals surface area contributed by atoms with Crippen molar-refractivity contribution in [3.8, 4) is 5.75 Å². The molecule has 4 rings (SSSR count). The summed E-state index contributed by atoms with van der Waals surface area (Å²) in [6.45, 7) is 3.48. The first-order valence-electron chi connectivity index (χ1n) is 9.70. The first kappa shape index (κ1) is 20.5. The Bertz CT molecular complexity index is 1200. The molecule has 2 N–H and O–H groups in total. The van der Waals surface area contributed by atoms with Gasteiger partial charge in [0.1, 0.15) is 28.5 Å². The van der Waals surface area contributed by atoms with E-state index >= 15 is 0 Å². The summed E-state index contributed by atoms with van der Waals surface area (Å²) < 4.78 is 20.2. The average molecular weight is 421 g/mol. The number of aromatic nitrogens is 2. The number of hydrogen-bond donors (Lipinski definition) is 2. The Morgan fingerprint density at radius 1 is 1.19 bits per heavy atom. The van der Waals surface area contributed by atoms with Crippen molar-refractivity contribution in [3.63, 3.8) is 0 Å². The van der Waals surface area contributed by atoms with Crippen LogP contribution >= 0.6 is 0 Å². The zero-order chi connectivity index (χ0) is 22.2. The number of pyridine rings is 2. The molecule has 0 radical (unpaired) electrons. The smallest absolute Gasteiger partial charge is 0.337 e. The predicted octanol–water partition coefficient (Wildman–Crippen LogP) is 3.39. The van der Waals surface area contributed by atoms with E-state index in [-0.39, 0.29) is 17.0 Å². The van der Waals surface area contributed by atoms with Gasteiger partial charge < -0.3 is 15.2 Å². The van der Waals surface area contributed by atoms with Gasteiger partial charge >= 0.3 is 5.97 Å². The normalized spacial score (nSPS) is 17.4. The molecule has 0 bridgehead atoms. The van der Waals surface area contributed by atoms with E-state index in [4.69, 9.17) is 4.74 Å². The van der Waals surface area contributed by atoms with Gasteiger partial charge in [0.25, 0.3) is 5.91 Å². The third-order valence-corrected chi connectivity index (χ3v) is 5.45. The Balaban J connectivity index is 1.82. The van der Waals surface area contributed by atoms with Gasteiger partial charge in [-0.15, -0.1) is 0 Å². The van der Waals surface area contributed by atoms with Crippen LogP contribution in [0.1, 0.15) is 49.8 Å². The second-order valence-corrected chi connectivity index (χ2v) is 7.41. The molecule has 3 aromatic rings. The van der Waals surface area contributed by atoms with E-state index < -0.39 is 23.2 Å². The van der Waals surface area contributed by atoms with Gasteiger partial charge in [-0.3, -0.25) is 9.78 Å². The fraction of sp³-hybridized carbons (Fsp3) is 0.217. The number of hydrogen-bond acceptors (Lipinski definition) is 5. The van der Waals surface area contributed by atoms with Gasteiger partial charge in [-0.05, 0) is 55.3 Å². The molecule has 7 nitrogen and oxygen atoms in total. The van der Waals surface area contributed by atoms with Crippen LogP contribution in [-0.2, 0) is 5.54 Å². The number of carbonyl (C=O) groups excluding carboxylic acids is 1. The van der Waals surface area contributed by atoms with Crippen LogP contribution < -0.4 is 10.1 Å². The molecule has 1 aliphatic rings. The number of halogens is 1. The number of rotatable bonds is 4. The van der Waals surface area contributed by atoms with Crippen LogP contribution in [0.15, 0.2) is 48.7 Å². The van der Waals surface area contributed by atoms with Crippen molar-refractivity contribution in [3.05, 3.63) is 88.3 Å². The van der Waals surface area contributed by atoms with Gasteiger partial charge in [-0.1, -0.05) is 12.1 Å². The Morgan fingerprint density at radius 3 is 2.71 bits per heavy atom. The number of carbonyl (C=O) groups is 2. The quantitative estimate of drug-likeness (QED) is 0.670. The maximum absolute atomic E-state index is 14.5. The van der Waals surface area contributed by atoms with Crippen molar-refractivity contribution in [1.82, 2.24) is 15.3 Å². The highest BCUT2D eigenvalue weighted by molar-refractivity contribution is 5.95. The van der Waals surface area contributed by atoms with E-state index in [1.165, 1.54) is 25.1 Å². The first-order chi connectivity index (χ1) is 14.8. The monoisotopic (exact) mass is 421 g/mol. The van der Waals surface area contributed by atoms with Gasteiger partial charge in [0.05, 0.1) is 17.9 Å². The van der Waals surface area contributed by atoms with Crippen LogP contribution in [0.3, 0.4) is 0 Å². The molecule has 1 atom stereocenters. The molecule has 0 saturated carbocycles. The summed E-state index contributed by atoms with van der Waals surface area (Å²) in [5, 5.41) is 12.2. The van der Waals surface area contributed by atoms with Crippen LogP contribution in [0, 0.1) is 19.7 Å². The van der Waals surface area contributed by atoms with E-state index in [1.807, 2.05) is 0 Å². The summed E-state index contributed by atoms with van der Waals surface area (Å²) in [4.78, 5) is 33.1. The van der Waals surface area contributed by atoms with E-state index in [0.717, 1.165) is 0 Å². The number of aromatic carboxylic acids is 1. The van der Waals surface area contributed by atoms with Gasteiger partial charge in [-0.25, -0.2) is 14.2 Å². The third-order valence-electron chi connectivity index (χ3n) is 5.45. The Kier molecular flexibility index (Phi) is 5.14. The highest BCUT2D eigenvalue weighted by atomic mass is 19.1. The van der Waals surface area contributed by atoms with Crippen molar-refractivity contribution in [2.45, 2.75) is 25.8 Å². The lowest BCUT2D eigenvalue weighted by Gasteiger charge is -2.39. The molecule has 0 fully saturated rings. The van der Waals surface area contributed by atoms with Crippen LogP contribution in [0.4, 0.5) is 4.39 Å². The maximum atomic E-state index is 14.5. The number of amides is 1. The zero-order valence-electron chi connectivity index (χ0n) is 17.0. The van der Waals surface area contributed by atoms with Crippen molar-refractivity contribution in [2.75, 3.05) is 6.61 Å². The molecule has 31 heavy (non-hydrogen) atoms. The number of carboxylic acid groups (broad SMARTS) is 1. The highest BCUT2D eigenvalue weighted by Crippen LogP contribution is 2.41. The van der Waals surface area contributed by atoms with E-state index in [0.29, 0.717) is 35.6 Å². The molecule has 0 aliphatic carbocycles. The highest BCUT2D eigenvalue weighted by Gasteiger charge is 2.43. The van der Waals surface area contributed by atoms with E-state index in [9.17, 15) is 19.1 Å². The van der Waals surface area contributed by atoms with Crippen molar-refractivity contribution in [2.24, 2.45) is 0 Å². The molecule has 158 valence electrons. The molecule has 0 unspecified atom stereocenters. The molecule has 1 aromatic carbocycles. The van der Waals surface area contributed by atoms with Crippen molar-refractivity contribution >= 4 is 11.9 Å². The Labute approximate surface area is 177 Å². The summed E-state index contributed by atoms with van der Waals surface area (Å²) in [6, 6.07) is 11.0. The summed E-state index contributed by atoms with van der Waals surface area (Å²) in [7, 11) is 0. The molecular formula is C23H20FN3O4. The van der Waals surface area contributed by atoms with Gasteiger partial charge in [0, 0.05) is 12.6 Å². The van der Waals surface area contributed by atoms with Crippen molar-refractivity contribution < 1.29 is 23.8 Å². The molecule has 1 aliphatic heterocycles. The maximum Gasteiger partial charge on any atom is 0.337 e. The topological polar surface area (TPSA) is 101 Å². The fourth-order valence-electron chi connectivity index (χ4n) is 3.76. The average Bonchev–Trinajstić information content (AvgIpc) is 2.75. The zero-order valence-corrected chi connectivity index (χ0v) is 17.0. The minimum atomic E-state index is -1.14. The lowest BCUT2D eigenvalue weighted by molar-refractivity contribution is 0.0694. The minimum Gasteiger partial charge on any atom is -0.491 e. The number of benzene rings is 1. The minimum absolute atomic E-state index is 0.0185. The second-order valence-electron chi connectivity index (χ2n) is 7.41. The molecule has 0 saturated heterocycles. The lowest BCUT2D eigenvalue weighted by atomic mass is 9.81.